The molecule has 0 radical (unpaired) electrons. The molecule has 0 N–H and O–H groups in total. The third-order valence-electron chi connectivity index (χ3n) is 2.66. The summed E-state index contributed by atoms with van der Waals surface area (Å²) in [5.74, 6) is 0. The highest BCUT2D eigenvalue weighted by molar-refractivity contribution is 6.53. The number of halogens is 12. The van der Waals surface area contributed by atoms with Gasteiger partial charge in [-0.15, -0.1) is 0 Å². The summed E-state index contributed by atoms with van der Waals surface area (Å²) in [7, 11) is -5.19. The molecule has 0 rings (SSSR count). The van der Waals surface area contributed by atoms with Crippen molar-refractivity contribution >= 4 is 9.05 Å². The first kappa shape index (κ1) is 28.2. The highest BCUT2D eigenvalue weighted by Gasteiger charge is 2.49. The van der Waals surface area contributed by atoms with E-state index in [1.807, 2.05) is 0 Å². The molecule has 0 saturated carbocycles. The topological polar surface area (TPSA) is 36.9 Å². The van der Waals surface area contributed by atoms with Crippen molar-refractivity contribution in [2.24, 2.45) is 0 Å². The van der Waals surface area contributed by atoms with E-state index in [4.69, 9.17) is 0 Å². The highest BCUT2D eigenvalue weighted by atomic mass is 28.4. The van der Waals surface area contributed by atoms with Gasteiger partial charge in [0.25, 0.3) is 0 Å². The lowest BCUT2D eigenvalue weighted by Crippen LogP contribution is -2.51. The van der Waals surface area contributed by atoms with Gasteiger partial charge in [-0.25, -0.2) is 0 Å². The maximum Gasteiger partial charge on any atom is 0.679 e. The minimum absolute atomic E-state index is 1.38. The molecule has 0 aromatic rings. The SMILES string of the molecule is FC(F)(F)CCO[Si](OCCC(F)(F)F)(OCCC(F)(F)F)OCCC(F)(F)F. The van der Waals surface area contributed by atoms with Crippen LogP contribution in [0.25, 0.3) is 0 Å². The van der Waals surface area contributed by atoms with Crippen LogP contribution in [0.1, 0.15) is 25.7 Å². The van der Waals surface area contributed by atoms with Crippen LogP contribution in [0.5, 0.6) is 0 Å². The summed E-state index contributed by atoms with van der Waals surface area (Å²) in [6.07, 6.45) is -26.3. The Bertz CT molecular complexity index is 374. The van der Waals surface area contributed by atoms with Gasteiger partial charge < -0.3 is 17.7 Å². The van der Waals surface area contributed by atoms with Crippen LogP contribution >= 0.6 is 0 Å². The van der Waals surface area contributed by atoms with E-state index < -0.39 is 85.9 Å². The molecule has 0 amide bonds. The van der Waals surface area contributed by atoms with Crippen LogP contribution in [-0.2, 0) is 17.7 Å². The van der Waals surface area contributed by atoms with Crippen molar-refractivity contribution in [3.05, 3.63) is 0 Å². The minimum Gasteiger partial charge on any atom is -0.351 e. The minimum atomic E-state index is -5.19. The van der Waals surface area contributed by atoms with E-state index >= 15 is 0 Å². The fourth-order valence-corrected chi connectivity index (χ4v) is 3.33. The van der Waals surface area contributed by atoms with Crippen LogP contribution in [0.2, 0.25) is 0 Å². The first-order chi connectivity index (χ1) is 12.8. The summed E-state index contributed by atoms with van der Waals surface area (Å²) < 4.78 is 165. The van der Waals surface area contributed by atoms with Crippen molar-refractivity contribution in [2.45, 2.75) is 50.4 Å². The standard InChI is InChI=1S/C12H16F12O4Si/c13-9(14,15)1-5-25-29(26-6-2-10(16,17)18,27-7-3-11(19,20)21)28-8-4-12(22,23)24/h1-8H2. The van der Waals surface area contributed by atoms with Crippen molar-refractivity contribution in [2.75, 3.05) is 26.4 Å². The molecular formula is C12H16F12O4Si. The van der Waals surface area contributed by atoms with E-state index in [-0.39, 0.29) is 0 Å². The molecule has 0 atom stereocenters. The van der Waals surface area contributed by atoms with E-state index in [0.29, 0.717) is 0 Å². The maximum absolute atomic E-state index is 12.2. The van der Waals surface area contributed by atoms with E-state index in [0.717, 1.165) is 0 Å². The fraction of sp³-hybridized carbons (Fsp3) is 1.00. The van der Waals surface area contributed by atoms with Gasteiger partial charge in [0.2, 0.25) is 0 Å². The van der Waals surface area contributed by atoms with Crippen molar-refractivity contribution < 1.29 is 70.4 Å². The molecule has 0 aromatic heterocycles. The van der Waals surface area contributed by atoms with Gasteiger partial charge in [-0.05, 0) is 0 Å². The Morgan fingerprint density at radius 2 is 0.552 bits per heavy atom. The maximum atomic E-state index is 12.2. The molecule has 0 saturated heterocycles. The lowest BCUT2D eigenvalue weighted by Gasteiger charge is -2.29. The van der Waals surface area contributed by atoms with Gasteiger partial charge in [0.15, 0.2) is 0 Å². The van der Waals surface area contributed by atoms with Crippen LogP contribution in [0.4, 0.5) is 52.7 Å². The molecule has 4 nitrogen and oxygen atoms in total. The molecule has 0 spiro atoms. The number of hydrogen-bond donors (Lipinski definition) is 0. The molecule has 0 aliphatic rings. The van der Waals surface area contributed by atoms with E-state index in [1.165, 1.54) is 0 Å². The van der Waals surface area contributed by atoms with Crippen molar-refractivity contribution in [3.8, 4) is 0 Å². The van der Waals surface area contributed by atoms with E-state index in [2.05, 4.69) is 17.7 Å². The summed E-state index contributed by atoms with van der Waals surface area (Å²) in [5, 5.41) is 0. The second kappa shape index (κ2) is 11.0. The average molecular weight is 480 g/mol. The Morgan fingerprint density at radius 3 is 0.690 bits per heavy atom. The van der Waals surface area contributed by atoms with E-state index in [9.17, 15) is 52.7 Å². The zero-order valence-electron chi connectivity index (χ0n) is 14.3. The molecule has 29 heavy (non-hydrogen) atoms. The van der Waals surface area contributed by atoms with Crippen LogP contribution in [-0.4, -0.2) is 60.2 Å². The normalized spacial score (nSPS) is 14.5. The molecule has 0 fully saturated rings. The third-order valence-corrected chi connectivity index (χ3v) is 4.89. The van der Waals surface area contributed by atoms with Gasteiger partial charge >= 0.3 is 33.8 Å². The van der Waals surface area contributed by atoms with Crippen LogP contribution in [0.3, 0.4) is 0 Å². The molecule has 0 heterocycles. The quantitative estimate of drug-likeness (QED) is 0.281. The van der Waals surface area contributed by atoms with Crippen molar-refractivity contribution in [1.29, 1.82) is 0 Å². The van der Waals surface area contributed by atoms with Crippen LogP contribution in [0.15, 0.2) is 0 Å². The van der Waals surface area contributed by atoms with Crippen LogP contribution in [0, 0.1) is 0 Å². The lowest BCUT2D eigenvalue weighted by molar-refractivity contribution is -0.162. The molecule has 0 unspecified atom stereocenters. The summed E-state index contributed by atoms with van der Waals surface area (Å²) in [6.45, 7) is -5.50. The molecule has 0 aromatic carbocycles. The average Bonchev–Trinajstić information content (AvgIpc) is 2.41. The summed E-state index contributed by atoms with van der Waals surface area (Å²) in [5.41, 5.74) is 0. The predicted octanol–water partition coefficient (Wildman–Crippen LogP) is 5.30. The predicted molar refractivity (Wildman–Crippen MR) is 72.3 cm³/mol. The highest BCUT2D eigenvalue weighted by Crippen LogP contribution is 2.27. The van der Waals surface area contributed by atoms with Gasteiger partial charge in [0, 0.05) is 26.4 Å². The number of alkyl halides is 12. The molecular weight excluding hydrogens is 464 g/mol. The first-order valence-corrected chi connectivity index (χ1v) is 9.29. The van der Waals surface area contributed by atoms with Gasteiger partial charge in [-0.2, -0.15) is 52.7 Å². The molecule has 0 aliphatic heterocycles. The summed E-state index contributed by atoms with van der Waals surface area (Å²) in [4.78, 5) is 0. The van der Waals surface area contributed by atoms with Crippen molar-refractivity contribution in [3.63, 3.8) is 0 Å². The molecule has 17 heteroatoms. The number of rotatable bonds is 12. The largest absolute Gasteiger partial charge is 0.679 e. The molecule has 0 bridgehead atoms. The summed E-state index contributed by atoms with van der Waals surface area (Å²) >= 11 is 0. The zero-order chi connectivity index (χ0) is 23.0. The Labute approximate surface area is 157 Å². The second-order valence-corrected chi connectivity index (χ2v) is 7.51. The van der Waals surface area contributed by atoms with Gasteiger partial charge in [0.1, 0.15) is 0 Å². The monoisotopic (exact) mass is 480 g/mol. The Balaban J connectivity index is 5.26. The lowest BCUT2D eigenvalue weighted by atomic mass is 10.5. The molecule has 0 aliphatic carbocycles. The van der Waals surface area contributed by atoms with Gasteiger partial charge in [0.05, 0.1) is 25.7 Å². The van der Waals surface area contributed by atoms with Crippen LogP contribution < -0.4 is 0 Å². The summed E-state index contributed by atoms with van der Waals surface area (Å²) in [6, 6.07) is 0. The van der Waals surface area contributed by atoms with Crippen molar-refractivity contribution in [1.82, 2.24) is 0 Å². The number of hydrogen-bond acceptors (Lipinski definition) is 4. The third kappa shape index (κ3) is 17.8. The zero-order valence-corrected chi connectivity index (χ0v) is 15.3. The first-order valence-electron chi connectivity index (χ1n) is 7.65. The van der Waals surface area contributed by atoms with Gasteiger partial charge in [-0.1, -0.05) is 0 Å². The fourth-order valence-electron chi connectivity index (χ4n) is 1.42. The smallest absolute Gasteiger partial charge is 0.351 e. The Morgan fingerprint density at radius 1 is 0.379 bits per heavy atom. The Hall–Kier alpha value is -0.783. The van der Waals surface area contributed by atoms with Gasteiger partial charge in [-0.3, -0.25) is 0 Å². The Kier molecular flexibility index (Phi) is 10.7. The van der Waals surface area contributed by atoms with E-state index in [1.54, 1.807) is 0 Å². The molecule has 176 valence electrons. The second-order valence-electron chi connectivity index (χ2n) is 5.35.